The first-order valence-corrected chi connectivity index (χ1v) is 11.5. The molecule has 0 aromatic heterocycles. The number of primary amides is 1. The smallest absolute Gasteiger partial charge is 0.252 e. The number of aliphatic hydroxyl groups excluding tert-OH is 1. The first-order valence-electron chi connectivity index (χ1n) is 11.5. The lowest BCUT2D eigenvalue weighted by Gasteiger charge is -2.19. The summed E-state index contributed by atoms with van der Waals surface area (Å²) in [6.45, 7) is 5.27. The second-order valence-corrected chi connectivity index (χ2v) is 8.23. The van der Waals surface area contributed by atoms with Crippen molar-refractivity contribution in [1.29, 1.82) is 0 Å². The van der Waals surface area contributed by atoms with Gasteiger partial charge < -0.3 is 20.9 Å². The van der Waals surface area contributed by atoms with E-state index < -0.39 is 12.0 Å². The molecule has 5 heteroatoms. The number of aliphatic hydroxyl groups is 1. The predicted octanol–water partition coefficient (Wildman–Crippen LogP) is 4.78. The number of carbonyl (C=O) groups excluding carboxylic acids is 1. The lowest BCUT2D eigenvalue weighted by molar-refractivity contribution is 0.0995. The molecule has 2 atom stereocenters. The van der Waals surface area contributed by atoms with Crippen LogP contribution in [0.25, 0.3) is 0 Å². The van der Waals surface area contributed by atoms with E-state index in [0.29, 0.717) is 30.0 Å². The largest absolute Gasteiger partial charge is 0.493 e. The normalized spacial score (nSPS) is 13.0. The summed E-state index contributed by atoms with van der Waals surface area (Å²) in [5, 5.41) is 14.0. The van der Waals surface area contributed by atoms with E-state index in [9.17, 15) is 9.90 Å². The number of hydrogen-bond acceptors (Lipinski definition) is 4. The van der Waals surface area contributed by atoms with Gasteiger partial charge in [-0.25, -0.2) is 0 Å². The monoisotopic (exact) mass is 426 g/mol. The summed E-state index contributed by atoms with van der Waals surface area (Å²) in [6.07, 6.45) is 6.95. The van der Waals surface area contributed by atoms with Crippen molar-refractivity contribution in [2.75, 3.05) is 13.2 Å². The van der Waals surface area contributed by atoms with Gasteiger partial charge in [0.2, 0.25) is 0 Å². The fourth-order valence-electron chi connectivity index (χ4n) is 3.52. The summed E-state index contributed by atoms with van der Waals surface area (Å²) in [5.74, 6) is -0.0534. The molecule has 0 aliphatic rings. The van der Waals surface area contributed by atoms with Crippen molar-refractivity contribution in [3.63, 3.8) is 0 Å². The highest BCUT2D eigenvalue weighted by Gasteiger charge is 2.15. The van der Waals surface area contributed by atoms with Crippen LogP contribution in [0.2, 0.25) is 0 Å². The van der Waals surface area contributed by atoms with E-state index in [-0.39, 0.29) is 6.04 Å². The van der Waals surface area contributed by atoms with Crippen LogP contribution in [0, 0.1) is 0 Å². The van der Waals surface area contributed by atoms with Crippen molar-refractivity contribution >= 4 is 5.91 Å². The predicted molar refractivity (Wildman–Crippen MR) is 126 cm³/mol. The first-order chi connectivity index (χ1) is 15.0. The van der Waals surface area contributed by atoms with Crippen molar-refractivity contribution in [2.45, 2.75) is 70.9 Å². The fourth-order valence-corrected chi connectivity index (χ4v) is 3.52. The molecule has 0 fully saturated rings. The van der Waals surface area contributed by atoms with Crippen LogP contribution in [0.1, 0.15) is 80.0 Å². The van der Waals surface area contributed by atoms with Crippen molar-refractivity contribution < 1.29 is 14.6 Å². The zero-order valence-corrected chi connectivity index (χ0v) is 19.0. The van der Waals surface area contributed by atoms with Gasteiger partial charge in [-0.05, 0) is 49.4 Å². The molecule has 2 rings (SSSR count). The van der Waals surface area contributed by atoms with Crippen molar-refractivity contribution in [2.24, 2.45) is 5.73 Å². The SMILES string of the molecule is CCCCCCCOc1ccc(C(O)CNC(C)CCc2ccccc2)cc1C(N)=O. The van der Waals surface area contributed by atoms with Crippen LogP contribution in [0.3, 0.4) is 0 Å². The Morgan fingerprint density at radius 2 is 1.84 bits per heavy atom. The molecule has 0 bridgehead atoms. The van der Waals surface area contributed by atoms with Gasteiger partial charge in [-0.2, -0.15) is 0 Å². The van der Waals surface area contributed by atoms with E-state index in [1.165, 1.54) is 24.8 Å². The number of benzene rings is 2. The zero-order chi connectivity index (χ0) is 22.5. The van der Waals surface area contributed by atoms with Gasteiger partial charge in [0.05, 0.1) is 18.3 Å². The van der Waals surface area contributed by atoms with Gasteiger partial charge in [-0.3, -0.25) is 4.79 Å². The highest BCUT2D eigenvalue weighted by molar-refractivity contribution is 5.95. The zero-order valence-electron chi connectivity index (χ0n) is 19.0. The van der Waals surface area contributed by atoms with Crippen LogP contribution in [0.15, 0.2) is 48.5 Å². The molecular formula is C26H38N2O3. The summed E-state index contributed by atoms with van der Waals surface area (Å²) >= 11 is 0. The summed E-state index contributed by atoms with van der Waals surface area (Å²) < 4.78 is 5.79. The Kier molecular flexibility index (Phi) is 11.1. The molecule has 5 nitrogen and oxygen atoms in total. The lowest BCUT2D eigenvalue weighted by atomic mass is 10.0. The van der Waals surface area contributed by atoms with Crippen LogP contribution in [-0.4, -0.2) is 30.2 Å². The van der Waals surface area contributed by atoms with Crippen LogP contribution >= 0.6 is 0 Å². The summed E-state index contributed by atoms with van der Waals surface area (Å²) in [6, 6.07) is 15.8. The van der Waals surface area contributed by atoms with Crippen molar-refractivity contribution in [3.8, 4) is 5.75 Å². The Balaban J connectivity index is 1.83. The fraction of sp³-hybridized carbons (Fsp3) is 0.500. The molecule has 0 heterocycles. The third-order valence-electron chi connectivity index (χ3n) is 5.53. The summed E-state index contributed by atoms with van der Waals surface area (Å²) in [5.41, 5.74) is 7.84. The Bertz CT molecular complexity index is 779. The molecule has 4 N–H and O–H groups in total. The molecular weight excluding hydrogens is 388 g/mol. The Morgan fingerprint density at radius 1 is 1.10 bits per heavy atom. The standard InChI is InChI=1S/C26H38N2O3/c1-3-4-5-6-10-17-31-25-16-15-22(18-23(25)26(27)30)24(29)19-28-20(2)13-14-21-11-8-7-9-12-21/h7-9,11-12,15-16,18,20,24,28-29H,3-6,10,13-14,17,19H2,1-2H3,(H2,27,30). The molecule has 0 saturated carbocycles. The third-order valence-corrected chi connectivity index (χ3v) is 5.53. The number of ether oxygens (including phenoxy) is 1. The van der Waals surface area contributed by atoms with Gasteiger partial charge in [0.1, 0.15) is 5.75 Å². The number of nitrogens with two attached hydrogens (primary N) is 1. The van der Waals surface area contributed by atoms with Crippen molar-refractivity contribution in [1.82, 2.24) is 5.32 Å². The van der Waals surface area contributed by atoms with E-state index in [1.807, 2.05) is 18.2 Å². The van der Waals surface area contributed by atoms with Crippen LogP contribution in [0.5, 0.6) is 5.75 Å². The van der Waals surface area contributed by atoms with Gasteiger partial charge in [0.15, 0.2) is 0 Å². The second kappa shape index (κ2) is 13.8. The number of amides is 1. The lowest BCUT2D eigenvalue weighted by Crippen LogP contribution is -2.31. The van der Waals surface area contributed by atoms with Gasteiger partial charge >= 0.3 is 0 Å². The van der Waals surface area contributed by atoms with E-state index >= 15 is 0 Å². The highest BCUT2D eigenvalue weighted by Crippen LogP contribution is 2.24. The Hall–Kier alpha value is -2.37. The Labute approximate surface area is 187 Å². The van der Waals surface area contributed by atoms with Crippen LogP contribution in [0.4, 0.5) is 0 Å². The van der Waals surface area contributed by atoms with E-state index in [1.54, 1.807) is 18.2 Å². The molecule has 2 aromatic rings. The second-order valence-electron chi connectivity index (χ2n) is 8.23. The maximum Gasteiger partial charge on any atom is 0.252 e. The van der Waals surface area contributed by atoms with Crippen LogP contribution < -0.4 is 15.8 Å². The summed E-state index contributed by atoms with van der Waals surface area (Å²) in [4.78, 5) is 11.9. The molecule has 170 valence electrons. The minimum atomic E-state index is -0.722. The number of hydrogen-bond donors (Lipinski definition) is 3. The minimum absolute atomic E-state index is 0.265. The van der Waals surface area contributed by atoms with Gasteiger partial charge in [0.25, 0.3) is 5.91 Å². The quantitative estimate of drug-likeness (QED) is 0.358. The maximum absolute atomic E-state index is 11.9. The molecule has 2 aromatic carbocycles. The van der Waals surface area contributed by atoms with E-state index in [2.05, 4.69) is 31.3 Å². The van der Waals surface area contributed by atoms with E-state index in [4.69, 9.17) is 10.5 Å². The number of carbonyl (C=O) groups is 1. The van der Waals surface area contributed by atoms with Gasteiger partial charge in [-0.15, -0.1) is 0 Å². The molecule has 2 unspecified atom stereocenters. The number of nitrogens with one attached hydrogen (secondary N) is 1. The number of rotatable bonds is 15. The molecule has 0 aliphatic heterocycles. The summed E-state index contributed by atoms with van der Waals surface area (Å²) in [7, 11) is 0. The van der Waals surface area contributed by atoms with Crippen LogP contribution in [-0.2, 0) is 6.42 Å². The van der Waals surface area contributed by atoms with Gasteiger partial charge in [0, 0.05) is 12.6 Å². The third kappa shape index (κ3) is 9.11. The van der Waals surface area contributed by atoms with Gasteiger partial charge in [-0.1, -0.05) is 69.0 Å². The average Bonchev–Trinajstić information content (AvgIpc) is 2.79. The molecule has 0 radical (unpaired) electrons. The number of aryl methyl sites for hydroxylation is 1. The van der Waals surface area contributed by atoms with E-state index in [0.717, 1.165) is 25.7 Å². The molecule has 0 aliphatic carbocycles. The number of unbranched alkanes of at least 4 members (excludes halogenated alkanes) is 4. The molecule has 0 saturated heterocycles. The average molecular weight is 427 g/mol. The maximum atomic E-state index is 11.9. The Morgan fingerprint density at radius 3 is 2.55 bits per heavy atom. The highest BCUT2D eigenvalue weighted by atomic mass is 16.5. The first kappa shape index (κ1) is 24.9. The molecule has 0 spiro atoms. The molecule has 31 heavy (non-hydrogen) atoms. The van der Waals surface area contributed by atoms with Crippen molar-refractivity contribution in [3.05, 3.63) is 65.2 Å². The molecule has 1 amide bonds. The topological polar surface area (TPSA) is 84.6 Å². The minimum Gasteiger partial charge on any atom is -0.493 e.